The van der Waals surface area contributed by atoms with Gasteiger partial charge in [0.15, 0.2) is 5.16 Å². The lowest BCUT2D eigenvalue weighted by molar-refractivity contribution is -0.137. The minimum atomic E-state index is -0.313. The van der Waals surface area contributed by atoms with Crippen molar-refractivity contribution < 1.29 is 14.3 Å². The van der Waals surface area contributed by atoms with E-state index in [2.05, 4.69) is 32.8 Å². The molecule has 180 valence electrons. The Balaban J connectivity index is 1.35. The molecule has 35 heavy (non-hydrogen) atoms. The minimum Gasteiger partial charge on any atom is -0.468 e. The molecular weight excluding hydrogens is 484 g/mol. The molecular formula is C24H24N6O3S2. The first-order chi connectivity index (χ1) is 17.1. The molecule has 11 heteroatoms. The molecule has 9 nitrogen and oxygen atoms in total. The number of anilines is 1. The number of hydrogen-bond acceptors (Lipinski definition) is 10. The highest BCUT2D eigenvalue weighted by molar-refractivity contribution is 7.99. The van der Waals surface area contributed by atoms with Crippen LogP contribution in [0.15, 0.2) is 41.8 Å². The molecule has 0 unspecified atom stereocenters. The molecule has 1 fully saturated rings. The zero-order valence-corrected chi connectivity index (χ0v) is 21.1. The molecule has 0 aliphatic carbocycles. The Morgan fingerprint density at radius 2 is 1.83 bits per heavy atom. The van der Waals surface area contributed by atoms with Gasteiger partial charge in [-0.3, -0.25) is 19.6 Å². The highest BCUT2D eigenvalue weighted by atomic mass is 32.2. The number of piperazine rings is 1. The molecule has 1 aliphatic heterocycles. The number of amides is 1. The molecule has 0 bridgehead atoms. The number of aryl methyl sites for hydroxylation is 1. The predicted octanol–water partition coefficient (Wildman–Crippen LogP) is 3.42. The average Bonchev–Trinajstić information content (AvgIpc) is 3.34. The largest absolute Gasteiger partial charge is 0.468 e. The Hall–Kier alpha value is -3.31. The molecule has 4 aromatic rings. The quantitative estimate of drug-likeness (QED) is 0.220. The van der Waals surface area contributed by atoms with Gasteiger partial charge in [0.1, 0.15) is 10.6 Å². The standard InChI is InChI=1S/C24H24N6O3S2/c1-3-16-13-17-21(27-24(28-22(17)35-16)34-14-20(31)33-2)29-8-10-30(11-9-29)23(32)15-4-5-18-19(12-15)26-7-6-25-18/h4-7,12-13H,3,8-11,14H2,1-2H3. The van der Waals surface area contributed by atoms with E-state index < -0.39 is 0 Å². The maximum Gasteiger partial charge on any atom is 0.316 e. The Labute approximate surface area is 210 Å². The number of esters is 1. The molecule has 1 amide bonds. The molecule has 0 atom stereocenters. The number of thiophene rings is 1. The number of nitrogens with zero attached hydrogens (tertiary/aromatic N) is 6. The predicted molar refractivity (Wildman–Crippen MR) is 137 cm³/mol. The summed E-state index contributed by atoms with van der Waals surface area (Å²) < 4.78 is 4.75. The van der Waals surface area contributed by atoms with Gasteiger partial charge in [-0.25, -0.2) is 9.97 Å². The maximum atomic E-state index is 13.2. The van der Waals surface area contributed by atoms with Gasteiger partial charge < -0.3 is 14.5 Å². The summed E-state index contributed by atoms with van der Waals surface area (Å²) in [6.45, 7) is 4.59. The zero-order valence-electron chi connectivity index (χ0n) is 19.4. The lowest BCUT2D eigenvalue weighted by Gasteiger charge is -2.35. The van der Waals surface area contributed by atoms with Crippen LogP contribution < -0.4 is 4.90 Å². The molecule has 0 radical (unpaired) electrons. The minimum absolute atomic E-state index is 0.0110. The molecule has 4 heterocycles. The van der Waals surface area contributed by atoms with E-state index in [1.54, 1.807) is 29.8 Å². The van der Waals surface area contributed by atoms with Gasteiger partial charge in [0.2, 0.25) is 0 Å². The van der Waals surface area contributed by atoms with Crippen LogP contribution in [0.5, 0.6) is 0 Å². The van der Waals surface area contributed by atoms with Gasteiger partial charge in [-0.15, -0.1) is 11.3 Å². The average molecular weight is 509 g/mol. The molecule has 1 saturated heterocycles. The summed E-state index contributed by atoms with van der Waals surface area (Å²) in [4.78, 5) is 49.1. The van der Waals surface area contributed by atoms with Crippen LogP contribution >= 0.6 is 23.1 Å². The first kappa shape index (κ1) is 23.4. The summed E-state index contributed by atoms with van der Waals surface area (Å²) in [7, 11) is 1.37. The fourth-order valence-corrected chi connectivity index (χ4v) is 5.69. The molecule has 0 N–H and O–H groups in total. The third-order valence-corrected chi connectivity index (χ3v) is 7.88. The zero-order chi connectivity index (χ0) is 24.4. The van der Waals surface area contributed by atoms with Gasteiger partial charge >= 0.3 is 5.97 Å². The number of hydrogen-bond donors (Lipinski definition) is 0. The van der Waals surface area contributed by atoms with E-state index in [4.69, 9.17) is 9.72 Å². The van der Waals surface area contributed by atoms with Crippen LogP contribution in [0.3, 0.4) is 0 Å². The van der Waals surface area contributed by atoms with E-state index in [9.17, 15) is 9.59 Å². The second-order valence-electron chi connectivity index (χ2n) is 8.02. The topological polar surface area (TPSA) is 101 Å². The van der Waals surface area contributed by atoms with Crippen LogP contribution in [0.4, 0.5) is 5.82 Å². The van der Waals surface area contributed by atoms with Gasteiger partial charge in [0, 0.05) is 49.0 Å². The van der Waals surface area contributed by atoms with Gasteiger partial charge in [-0.2, -0.15) is 0 Å². The molecule has 1 aliphatic rings. The van der Waals surface area contributed by atoms with Gasteiger partial charge in [0.25, 0.3) is 5.91 Å². The van der Waals surface area contributed by atoms with Crippen molar-refractivity contribution >= 4 is 62.0 Å². The van der Waals surface area contributed by atoms with Crippen molar-refractivity contribution in [2.75, 3.05) is 43.9 Å². The smallest absolute Gasteiger partial charge is 0.316 e. The van der Waals surface area contributed by atoms with Gasteiger partial charge in [-0.1, -0.05) is 18.7 Å². The monoisotopic (exact) mass is 508 g/mol. The summed E-state index contributed by atoms with van der Waals surface area (Å²) >= 11 is 2.92. The lowest BCUT2D eigenvalue weighted by Crippen LogP contribution is -2.49. The van der Waals surface area contributed by atoms with Crippen molar-refractivity contribution in [3.8, 4) is 0 Å². The number of carbonyl (C=O) groups excluding carboxylic acids is 2. The molecule has 5 rings (SSSR count). The third-order valence-electron chi connectivity index (χ3n) is 5.88. The number of benzene rings is 1. The van der Waals surface area contributed by atoms with E-state index >= 15 is 0 Å². The van der Waals surface area contributed by atoms with Crippen molar-refractivity contribution in [3.05, 3.63) is 47.1 Å². The van der Waals surface area contributed by atoms with Crippen LogP contribution in [0.25, 0.3) is 21.3 Å². The van der Waals surface area contributed by atoms with Crippen LogP contribution in [0.1, 0.15) is 22.2 Å². The van der Waals surface area contributed by atoms with Crippen molar-refractivity contribution in [2.45, 2.75) is 18.5 Å². The molecule has 0 spiro atoms. The Bertz CT molecular complexity index is 1400. The number of rotatable bonds is 6. The van der Waals surface area contributed by atoms with E-state index in [0.29, 0.717) is 42.4 Å². The number of thioether (sulfide) groups is 1. The summed E-state index contributed by atoms with van der Waals surface area (Å²) in [5.74, 6) is 0.688. The number of methoxy groups -OCH3 is 1. The van der Waals surface area contributed by atoms with Crippen molar-refractivity contribution in [1.82, 2.24) is 24.8 Å². The SMILES string of the molecule is CCc1cc2c(N3CCN(C(=O)c4ccc5nccnc5c4)CC3)nc(SCC(=O)OC)nc2s1. The van der Waals surface area contributed by atoms with Gasteiger partial charge in [-0.05, 0) is 30.7 Å². The molecule has 1 aromatic carbocycles. The Morgan fingerprint density at radius 3 is 2.57 bits per heavy atom. The number of aromatic nitrogens is 4. The van der Waals surface area contributed by atoms with E-state index in [1.807, 2.05) is 17.0 Å². The van der Waals surface area contributed by atoms with E-state index in [1.165, 1.54) is 23.7 Å². The highest BCUT2D eigenvalue weighted by Gasteiger charge is 2.25. The van der Waals surface area contributed by atoms with E-state index in [-0.39, 0.29) is 17.6 Å². The Kier molecular flexibility index (Phi) is 6.78. The second-order valence-corrected chi connectivity index (χ2v) is 10.1. The normalized spacial score (nSPS) is 14.0. The first-order valence-corrected chi connectivity index (χ1v) is 13.1. The molecule has 0 saturated carbocycles. The van der Waals surface area contributed by atoms with Crippen molar-refractivity contribution in [1.29, 1.82) is 0 Å². The van der Waals surface area contributed by atoms with Crippen LogP contribution in [0, 0.1) is 0 Å². The lowest BCUT2D eigenvalue weighted by atomic mass is 10.1. The first-order valence-electron chi connectivity index (χ1n) is 11.3. The van der Waals surface area contributed by atoms with Crippen LogP contribution in [0.2, 0.25) is 0 Å². The number of fused-ring (bicyclic) bond motifs is 2. The summed E-state index contributed by atoms with van der Waals surface area (Å²) in [6.07, 6.45) is 4.19. The van der Waals surface area contributed by atoms with Crippen LogP contribution in [-0.2, 0) is 16.0 Å². The Morgan fingerprint density at radius 1 is 1.06 bits per heavy atom. The third kappa shape index (κ3) is 4.92. The maximum absolute atomic E-state index is 13.2. The summed E-state index contributed by atoms with van der Waals surface area (Å²) in [5, 5.41) is 1.57. The highest BCUT2D eigenvalue weighted by Crippen LogP contribution is 2.34. The van der Waals surface area contributed by atoms with Gasteiger partial charge in [0.05, 0.1) is 29.3 Å². The van der Waals surface area contributed by atoms with Crippen molar-refractivity contribution in [2.24, 2.45) is 0 Å². The summed E-state index contributed by atoms with van der Waals surface area (Å²) in [5.41, 5.74) is 2.09. The number of ether oxygens (including phenoxy) is 1. The fraction of sp³-hybridized carbons (Fsp3) is 0.333. The molecule has 3 aromatic heterocycles. The van der Waals surface area contributed by atoms with E-state index in [0.717, 1.165) is 28.0 Å². The van der Waals surface area contributed by atoms with Crippen LogP contribution in [-0.4, -0.2) is 75.8 Å². The summed E-state index contributed by atoms with van der Waals surface area (Å²) in [6, 6.07) is 7.59. The second kappa shape index (κ2) is 10.1. The fourth-order valence-electron chi connectivity index (χ4n) is 4.00. The van der Waals surface area contributed by atoms with Crippen molar-refractivity contribution in [3.63, 3.8) is 0 Å². The number of carbonyl (C=O) groups is 2.